The maximum atomic E-state index is 5.80. The lowest BCUT2D eigenvalue weighted by Crippen LogP contribution is -2.08. The van der Waals surface area contributed by atoms with Crippen molar-refractivity contribution in [3.05, 3.63) is 52.6 Å². The van der Waals surface area contributed by atoms with E-state index in [2.05, 4.69) is 57.3 Å². The zero-order chi connectivity index (χ0) is 16.6. The van der Waals surface area contributed by atoms with Crippen LogP contribution in [0.1, 0.15) is 47.4 Å². The van der Waals surface area contributed by atoms with Crippen molar-refractivity contribution in [1.29, 1.82) is 0 Å². The summed E-state index contributed by atoms with van der Waals surface area (Å²) in [6.45, 7) is 7.88. The molecule has 0 aliphatic rings. The molecule has 0 aliphatic carbocycles. The van der Waals surface area contributed by atoms with Gasteiger partial charge in [-0.3, -0.25) is 5.10 Å². The number of H-pyrrole nitrogens is 1. The van der Waals surface area contributed by atoms with Crippen molar-refractivity contribution in [3.8, 4) is 5.69 Å². The summed E-state index contributed by atoms with van der Waals surface area (Å²) < 4.78 is 1.88. The molecule has 1 atom stereocenters. The SMILES string of the molecule is Cc1ccc(C)c(-n2nc(C)nc2Cc2nc([C@H](C)N)n[nH]2)c1. The van der Waals surface area contributed by atoms with Crippen LogP contribution < -0.4 is 5.73 Å². The van der Waals surface area contributed by atoms with E-state index in [0.717, 1.165) is 28.7 Å². The largest absolute Gasteiger partial charge is 0.321 e. The van der Waals surface area contributed by atoms with Crippen molar-refractivity contribution >= 4 is 0 Å². The second kappa shape index (κ2) is 5.92. The van der Waals surface area contributed by atoms with Gasteiger partial charge in [-0.15, -0.1) is 0 Å². The molecule has 120 valence electrons. The van der Waals surface area contributed by atoms with Crippen molar-refractivity contribution in [2.24, 2.45) is 5.73 Å². The summed E-state index contributed by atoms with van der Waals surface area (Å²) in [4.78, 5) is 8.96. The second-order valence-corrected chi connectivity index (χ2v) is 5.88. The van der Waals surface area contributed by atoms with Crippen LogP contribution in [0.15, 0.2) is 18.2 Å². The highest BCUT2D eigenvalue weighted by atomic mass is 15.4. The number of nitrogens with two attached hydrogens (primary N) is 1. The molecule has 0 bridgehead atoms. The lowest BCUT2D eigenvalue weighted by molar-refractivity contribution is 0.744. The Bertz CT molecular complexity index is 829. The number of aromatic nitrogens is 6. The fourth-order valence-electron chi connectivity index (χ4n) is 2.46. The molecule has 2 heterocycles. The summed E-state index contributed by atoms with van der Waals surface area (Å²) in [6, 6.07) is 6.10. The molecule has 2 aromatic heterocycles. The minimum absolute atomic E-state index is 0.196. The number of aromatic amines is 1. The molecule has 0 unspecified atom stereocenters. The Kier molecular flexibility index (Phi) is 3.96. The molecule has 0 spiro atoms. The summed E-state index contributed by atoms with van der Waals surface area (Å²) in [5.74, 6) is 2.89. The lowest BCUT2D eigenvalue weighted by atomic mass is 10.1. The van der Waals surface area contributed by atoms with Gasteiger partial charge in [0.1, 0.15) is 17.5 Å². The minimum atomic E-state index is -0.196. The van der Waals surface area contributed by atoms with E-state index < -0.39 is 0 Å². The fraction of sp³-hybridized carbons (Fsp3) is 0.375. The molecular weight excluding hydrogens is 290 g/mol. The van der Waals surface area contributed by atoms with E-state index in [1.165, 1.54) is 5.56 Å². The molecule has 0 radical (unpaired) electrons. The van der Waals surface area contributed by atoms with Crippen molar-refractivity contribution in [3.63, 3.8) is 0 Å². The number of nitrogens with one attached hydrogen (secondary N) is 1. The highest BCUT2D eigenvalue weighted by molar-refractivity contribution is 5.43. The number of hydrogen-bond donors (Lipinski definition) is 2. The van der Waals surface area contributed by atoms with Crippen LogP contribution in [0, 0.1) is 20.8 Å². The van der Waals surface area contributed by atoms with Gasteiger partial charge in [0, 0.05) is 0 Å². The van der Waals surface area contributed by atoms with Crippen LogP contribution in [0.4, 0.5) is 0 Å². The normalized spacial score (nSPS) is 12.6. The summed E-state index contributed by atoms with van der Waals surface area (Å²) in [5, 5.41) is 11.6. The zero-order valence-corrected chi connectivity index (χ0v) is 13.8. The highest BCUT2D eigenvalue weighted by Gasteiger charge is 2.15. The van der Waals surface area contributed by atoms with Crippen molar-refractivity contribution in [1.82, 2.24) is 29.9 Å². The van der Waals surface area contributed by atoms with Crippen molar-refractivity contribution < 1.29 is 0 Å². The van der Waals surface area contributed by atoms with Gasteiger partial charge in [0.05, 0.1) is 18.2 Å². The Hall–Kier alpha value is -2.54. The first-order valence-corrected chi connectivity index (χ1v) is 7.61. The van der Waals surface area contributed by atoms with Gasteiger partial charge < -0.3 is 5.73 Å². The predicted molar refractivity (Wildman–Crippen MR) is 87.4 cm³/mol. The molecule has 3 rings (SSSR count). The number of nitrogens with zero attached hydrogens (tertiary/aromatic N) is 5. The monoisotopic (exact) mass is 311 g/mol. The van der Waals surface area contributed by atoms with E-state index in [9.17, 15) is 0 Å². The molecule has 1 aromatic carbocycles. The number of aryl methyl sites for hydroxylation is 3. The van der Waals surface area contributed by atoms with E-state index in [1.54, 1.807) is 0 Å². The Morgan fingerprint density at radius 1 is 1.22 bits per heavy atom. The summed E-state index contributed by atoms with van der Waals surface area (Å²) in [6.07, 6.45) is 0.522. The Morgan fingerprint density at radius 2 is 2.00 bits per heavy atom. The van der Waals surface area contributed by atoms with Crippen LogP contribution in [0.2, 0.25) is 0 Å². The quantitative estimate of drug-likeness (QED) is 0.767. The summed E-state index contributed by atoms with van der Waals surface area (Å²) in [7, 11) is 0. The van der Waals surface area contributed by atoms with Gasteiger partial charge in [-0.1, -0.05) is 12.1 Å². The third kappa shape index (κ3) is 3.14. The topological polar surface area (TPSA) is 98.3 Å². The maximum Gasteiger partial charge on any atom is 0.167 e. The van der Waals surface area contributed by atoms with Crippen LogP contribution in [0.3, 0.4) is 0 Å². The molecule has 0 amide bonds. The Labute approximate surface area is 135 Å². The third-order valence-electron chi connectivity index (χ3n) is 3.65. The van der Waals surface area contributed by atoms with E-state index in [1.807, 2.05) is 18.5 Å². The van der Waals surface area contributed by atoms with Crippen LogP contribution in [-0.2, 0) is 6.42 Å². The molecule has 7 heteroatoms. The molecule has 0 fully saturated rings. The van der Waals surface area contributed by atoms with Gasteiger partial charge in [-0.05, 0) is 44.9 Å². The number of rotatable bonds is 4. The number of benzene rings is 1. The van der Waals surface area contributed by atoms with E-state index >= 15 is 0 Å². The van der Waals surface area contributed by atoms with E-state index in [-0.39, 0.29) is 6.04 Å². The summed E-state index contributed by atoms with van der Waals surface area (Å²) >= 11 is 0. The second-order valence-electron chi connectivity index (χ2n) is 5.88. The molecule has 3 N–H and O–H groups in total. The van der Waals surface area contributed by atoms with Crippen molar-refractivity contribution in [2.45, 2.75) is 40.2 Å². The first-order valence-electron chi connectivity index (χ1n) is 7.61. The molecule has 0 saturated carbocycles. The first kappa shape index (κ1) is 15.4. The van der Waals surface area contributed by atoms with Crippen LogP contribution in [0.25, 0.3) is 5.69 Å². The maximum absolute atomic E-state index is 5.80. The lowest BCUT2D eigenvalue weighted by Gasteiger charge is -2.09. The predicted octanol–water partition coefficient (Wildman–Crippen LogP) is 1.92. The highest BCUT2D eigenvalue weighted by Crippen LogP contribution is 2.18. The first-order chi connectivity index (χ1) is 10.9. The van der Waals surface area contributed by atoms with Gasteiger partial charge in [-0.25, -0.2) is 14.6 Å². The fourth-order valence-corrected chi connectivity index (χ4v) is 2.46. The molecule has 0 saturated heterocycles. The molecular formula is C16H21N7. The van der Waals surface area contributed by atoms with Gasteiger partial charge in [0.25, 0.3) is 0 Å². The molecule has 0 aliphatic heterocycles. The van der Waals surface area contributed by atoms with Gasteiger partial charge in [0.2, 0.25) is 0 Å². The van der Waals surface area contributed by atoms with Crippen LogP contribution in [0.5, 0.6) is 0 Å². The number of hydrogen-bond acceptors (Lipinski definition) is 5. The van der Waals surface area contributed by atoms with Crippen molar-refractivity contribution in [2.75, 3.05) is 0 Å². The Balaban J connectivity index is 1.98. The third-order valence-corrected chi connectivity index (χ3v) is 3.65. The average molecular weight is 311 g/mol. The smallest absolute Gasteiger partial charge is 0.167 e. The van der Waals surface area contributed by atoms with Gasteiger partial charge in [-0.2, -0.15) is 10.2 Å². The Morgan fingerprint density at radius 3 is 2.70 bits per heavy atom. The van der Waals surface area contributed by atoms with Crippen LogP contribution in [-0.4, -0.2) is 29.9 Å². The molecule has 7 nitrogen and oxygen atoms in total. The van der Waals surface area contributed by atoms with E-state index in [0.29, 0.717) is 12.2 Å². The van der Waals surface area contributed by atoms with Crippen LogP contribution >= 0.6 is 0 Å². The van der Waals surface area contributed by atoms with E-state index in [4.69, 9.17) is 5.73 Å². The van der Waals surface area contributed by atoms with Gasteiger partial charge in [0.15, 0.2) is 5.82 Å². The average Bonchev–Trinajstić information content (AvgIpc) is 3.09. The zero-order valence-electron chi connectivity index (χ0n) is 13.8. The van der Waals surface area contributed by atoms with Gasteiger partial charge >= 0.3 is 0 Å². The minimum Gasteiger partial charge on any atom is -0.321 e. The molecule has 3 aromatic rings. The summed E-state index contributed by atoms with van der Waals surface area (Å²) in [5.41, 5.74) is 9.17. The molecule has 23 heavy (non-hydrogen) atoms. The standard InChI is InChI=1S/C16H21N7/c1-9-5-6-10(2)13(7-9)23-15(18-12(4)22-23)8-14-19-16(11(3)17)21-20-14/h5-7,11H,8,17H2,1-4H3,(H,19,20,21)/t11-/m0/s1.